The lowest BCUT2D eigenvalue weighted by molar-refractivity contribution is -0.0874. The highest BCUT2D eigenvalue weighted by molar-refractivity contribution is 7.14. The predicted molar refractivity (Wildman–Crippen MR) is 94.3 cm³/mol. The molecule has 0 bridgehead atoms. The molecule has 0 aromatic carbocycles. The summed E-state index contributed by atoms with van der Waals surface area (Å²) in [4.78, 5) is 16.9. The monoisotopic (exact) mass is 337 g/mol. The number of urea groups is 1. The normalized spacial score (nSPS) is 26.3. The van der Waals surface area contributed by atoms with E-state index in [9.17, 15) is 4.79 Å². The van der Waals surface area contributed by atoms with E-state index in [-0.39, 0.29) is 17.7 Å². The lowest BCUT2D eigenvalue weighted by atomic mass is 10.0. The summed E-state index contributed by atoms with van der Waals surface area (Å²) in [5.41, 5.74) is -0.196. The number of piperidine rings is 1. The molecular formula is C17H27N3O2S. The van der Waals surface area contributed by atoms with E-state index >= 15 is 0 Å². The van der Waals surface area contributed by atoms with E-state index in [0.717, 1.165) is 32.4 Å². The molecule has 0 spiro atoms. The van der Waals surface area contributed by atoms with Crippen LogP contribution in [0.5, 0.6) is 0 Å². The van der Waals surface area contributed by atoms with E-state index in [1.54, 1.807) is 11.3 Å². The molecule has 23 heavy (non-hydrogen) atoms. The van der Waals surface area contributed by atoms with Crippen LogP contribution >= 0.6 is 11.3 Å². The molecule has 1 atom stereocenters. The minimum Gasteiger partial charge on any atom is -0.372 e. The van der Waals surface area contributed by atoms with Crippen LogP contribution < -0.4 is 10.2 Å². The molecule has 0 saturated carbocycles. The highest BCUT2D eigenvalue weighted by Crippen LogP contribution is 2.25. The van der Waals surface area contributed by atoms with Crippen molar-refractivity contribution in [2.45, 2.75) is 44.8 Å². The number of morpholine rings is 1. The van der Waals surface area contributed by atoms with Gasteiger partial charge in [-0.05, 0) is 43.7 Å². The summed E-state index contributed by atoms with van der Waals surface area (Å²) in [6.07, 6.45) is 2.95. The molecule has 2 amide bonds. The largest absolute Gasteiger partial charge is 0.372 e. The Hall–Kier alpha value is -1.27. The zero-order chi connectivity index (χ0) is 16.3. The van der Waals surface area contributed by atoms with Crippen LogP contribution in [0.4, 0.5) is 9.80 Å². The molecular weight excluding hydrogens is 310 g/mol. The van der Waals surface area contributed by atoms with Crippen LogP contribution in [0.2, 0.25) is 0 Å². The molecule has 0 radical (unpaired) electrons. The maximum Gasteiger partial charge on any atom is 0.317 e. The Bertz CT molecular complexity index is 514. The number of nitrogens with zero attached hydrogens (tertiary/aromatic N) is 2. The van der Waals surface area contributed by atoms with Gasteiger partial charge >= 0.3 is 6.03 Å². The first kappa shape index (κ1) is 16.6. The number of carbonyl (C=O) groups is 1. The van der Waals surface area contributed by atoms with Gasteiger partial charge in [0.05, 0.1) is 23.8 Å². The van der Waals surface area contributed by atoms with Crippen LogP contribution in [0.25, 0.3) is 0 Å². The van der Waals surface area contributed by atoms with E-state index in [2.05, 4.69) is 41.6 Å². The van der Waals surface area contributed by atoms with Crippen molar-refractivity contribution in [2.24, 2.45) is 0 Å². The van der Waals surface area contributed by atoms with E-state index in [0.29, 0.717) is 19.7 Å². The molecule has 2 aliphatic heterocycles. The molecule has 1 aromatic rings. The van der Waals surface area contributed by atoms with Crippen molar-refractivity contribution in [1.82, 2.24) is 10.2 Å². The Morgan fingerprint density at radius 3 is 2.87 bits per heavy atom. The number of amides is 2. The summed E-state index contributed by atoms with van der Waals surface area (Å²) < 4.78 is 5.81. The van der Waals surface area contributed by atoms with E-state index in [4.69, 9.17) is 4.74 Å². The lowest BCUT2D eigenvalue weighted by Gasteiger charge is -2.41. The number of thiophene rings is 1. The van der Waals surface area contributed by atoms with Crippen molar-refractivity contribution in [3.05, 3.63) is 17.5 Å². The van der Waals surface area contributed by atoms with Crippen molar-refractivity contribution in [3.63, 3.8) is 0 Å². The zero-order valence-corrected chi connectivity index (χ0v) is 14.9. The Labute approximate surface area is 142 Å². The molecule has 3 rings (SSSR count). The summed E-state index contributed by atoms with van der Waals surface area (Å²) in [6.45, 7) is 8.24. The molecule has 2 aliphatic rings. The van der Waals surface area contributed by atoms with Crippen LogP contribution in [-0.4, -0.2) is 55.4 Å². The molecule has 128 valence electrons. The van der Waals surface area contributed by atoms with Crippen molar-refractivity contribution in [1.29, 1.82) is 0 Å². The number of hydrogen-bond donors (Lipinski definition) is 1. The Morgan fingerprint density at radius 1 is 1.43 bits per heavy atom. The summed E-state index contributed by atoms with van der Waals surface area (Å²) in [6, 6.07) is 4.62. The SMILES string of the molecule is CC[C@]1(C)CN(C(=O)NC2CCN(c3cccs3)CC2)CCO1. The van der Waals surface area contributed by atoms with E-state index in [1.165, 1.54) is 5.00 Å². The van der Waals surface area contributed by atoms with Gasteiger partial charge in [-0.3, -0.25) is 0 Å². The quantitative estimate of drug-likeness (QED) is 0.922. The first-order valence-electron chi connectivity index (χ1n) is 8.57. The fourth-order valence-electron chi connectivity index (χ4n) is 3.28. The molecule has 3 heterocycles. The molecule has 6 heteroatoms. The van der Waals surface area contributed by atoms with Gasteiger partial charge in [0.25, 0.3) is 0 Å². The summed E-state index contributed by atoms with van der Waals surface area (Å²) >= 11 is 1.79. The van der Waals surface area contributed by atoms with Crippen molar-refractivity contribution < 1.29 is 9.53 Å². The highest BCUT2D eigenvalue weighted by atomic mass is 32.1. The third-order valence-corrected chi connectivity index (χ3v) is 5.94. The summed E-state index contributed by atoms with van der Waals surface area (Å²) in [5, 5.41) is 6.68. The van der Waals surface area contributed by atoms with Gasteiger partial charge in [-0.2, -0.15) is 0 Å². The molecule has 5 nitrogen and oxygen atoms in total. The highest BCUT2D eigenvalue weighted by Gasteiger charge is 2.33. The standard InChI is InChI=1S/C17H27N3O2S/c1-3-17(2)13-20(10-11-22-17)16(21)18-14-6-8-19(9-7-14)15-5-4-12-23-15/h4-5,12,14H,3,6-11,13H2,1-2H3,(H,18,21)/t17-/m1/s1. The maximum absolute atomic E-state index is 12.5. The van der Waals surface area contributed by atoms with Crippen molar-refractivity contribution >= 4 is 22.4 Å². The first-order chi connectivity index (χ1) is 11.1. The minimum absolute atomic E-state index is 0.0718. The third kappa shape index (κ3) is 3.98. The summed E-state index contributed by atoms with van der Waals surface area (Å²) in [5.74, 6) is 0. The molecule has 0 unspecified atom stereocenters. The molecule has 1 aromatic heterocycles. The van der Waals surface area contributed by atoms with Gasteiger partial charge in [-0.15, -0.1) is 11.3 Å². The zero-order valence-electron chi connectivity index (χ0n) is 14.1. The van der Waals surface area contributed by atoms with Crippen LogP contribution in [0.1, 0.15) is 33.1 Å². The minimum atomic E-state index is -0.196. The molecule has 0 aliphatic carbocycles. The smallest absolute Gasteiger partial charge is 0.317 e. The Kier molecular flexibility index (Phi) is 5.11. The van der Waals surface area contributed by atoms with Gasteiger partial charge in [-0.25, -0.2) is 4.79 Å². The molecule has 2 saturated heterocycles. The fourth-order valence-corrected chi connectivity index (χ4v) is 4.06. The van der Waals surface area contributed by atoms with Gasteiger partial charge in [0.15, 0.2) is 0 Å². The molecule has 2 fully saturated rings. The van der Waals surface area contributed by atoms with Crippen molar-refractivity contribution in [2.75, 3.05) is 37.7 Å². The van der Waals surface area contributed by atoms with Gasteiger partial charge in [0.2, 0.25) is 0 Å². The number of nitrogens with one attached hydrogen (secondary N) is 1. The Morgan fingerprint density at radius 2 is 2.22 bits per heavy atom. The molecule has 1 N–H and O–H groups in total. The lowest BCUT2D eigenvalue weighted by Crippen LogP contribution is -2.56. The average Bonchev–Trinajstić information content (AvgIpc) is 3.10. The Balaban J connectivity index is 1.47. The van der Waals surface area contributed by atoms with Crippen LogP contribution in [0, 0.1) is 0 Å². The van der Waals surface area contributed by atoms with Gasteiger partial charge in [0.1, 0.15) is 0 Å². The fraction of sp³-hybridized carbons (Fsp3) is 0.706. The summed E-state index contributed by atoms with van der Waals surface area (Å²) in [7, 11) is 0. The second-order valence-electron chi connectivity index (χ2n) is 6.74. The topological polar surface area (TPSA) is 44.8 Å². The van der Waals surface area contributed by atoms with E-state index < -0.39 is 0 Å². The van der Waals surface area contributed by atoms with Gasteiger partial charge in [-0.1, -0.05) is 6.92 Å². The third-order valence-electron chi connectivity index (χ3n) is 5.01. The van der Waals surface area contributed by atoms with Gasteiger partial charge in [0, 0.05) is 25.7 Å². The maximum atomic E-state index is 12.5. The number of ether oxygens (including phenoxy) is 1. The number of rotatable bonds is 3. The second kappa shape index (κ2) is 7.09. The van der Waals surface area contributed by atoms with E-state index in [1.807, 2.05) is 4.90 Å². The number of hydrogen-bond acceptors (Lipinski definition) is 4. The number of anilines is 1. The predicted octanol–water partition coefficient (Wildman–Crippen LogP) is 2.93. The second-order valence-corrected chi connectivity index (χ2v) is 7.66. The van der Waals surface area contributed by atoms with Crippen molar-refractivity contribution in [3.8, 4) is 0 Å². The number of carbonyl (C=O) groups excluding carboxylic acids is 1. The first-order valence-corrected chi connectivity index (χ1v) is 9.45. The van der Waals surface area contributed by atoms with Crippen LogP contribution in [0.15, 0.2) is 17.5 Å². The van der Waals surface area contributed by atoms with Crippen LogP contribution in [0.3, 0.4) is 0 Å². The average molecular weight is 337 g/mol. The van der Waals surface area contributed by atoms with Gasteiger partial charge < -0.3 is 19.9 Å². The van der Waals surface area contributed by atoms with Crippen LogP contribution in [-0.2, 0) is 4.74 Å².